The molecule has 0 aromatic rings. The summed E-state index contributed by atoms with van der Waals surface area (Å²) in [6, 6.07) is 0.240. The predicted molar refractivity (Wildman–Crippen MR) is 73.7 cm³/mol. The van der Waals surface area contributed by atoms with Gasteiger partial charge in [-0.2, -0.15) is 0 Å². The number of hydrogen-bond acceptors (Lipinski definition) is 3. The zero-order chi connectivity index (χ0) is 12.1. The molecule has 2 rings (SSSR count). The molecule has 2 atom stereocenters. The van der Waals surface area contributed by atoms with E-state index in [0.29, 0.717) is 18.3 Å². The molecule has 1 saturated heterocycles. The number of rotatable bonds is 4. The largest absolute Gasteiger partial charge is 0.381 e. The molecule has 2 aliphatic rings. The maximum Gasteiger partial charge on any atom is 0.220 e. The van der Waals surface area contributed by atoms with Gasteiger partial charge in [0.2, 0.25) is 5.91 Å². The quantitative estimate of drug-likeness (QED) is 0.817. The third-order valence-electron chi connectivity index (χ3n) is 4.09. The molecule has 1 aliphatic heterocycles. The first-order valence-corrected chi connectivity index (χ1v) is 6.85. The average Bonchev–Trinajstić information content (AvgIpc) is 2.74. The fourth-order valence-electron chi connectivity index (χ4n) is 2.84. The molecule has 5 heteroatoms. The molecular weight excluding hydrogens is 252 g/mol. The number of hydrogen-bond donors (Lipinski definition) is 2. The van der Waals surface area contributed by atoms with Crippen molar-refractivity contribution in [3.63, 3.8) is 0 Å². The van der Waals surface area contributed by atoms with E-state index >= 15 is 0 Å². The standard InChI is InChI=1S/C13H24N2O2.ClH/c14-12-3-1-2-11(12)8-13(16)15-9-10-4-6-17-7-5-10;/h10-12H,1-9,14H2,(H,15,16);1H/t11-,12+;/m0./s1. The second-order valence-electron chi connectivity index (χ2n) is 5.42. The molecular formula is C13H25ClN2O2. The van der Waals surface area contributed by atoms with E-state index in [2.05, 4.69) is 5.32 Å². The third-order valence-corrected chi connectivity index (χ3v) is 4.09. The predicted octanol–water partition coefficient (Wildman–Crippen LogP) is 1.47. The van der Waals surface area contributed by atoms with Crippen LogP contribution in [0.4, 0.5) is 0 Å². The summed E-state index contributed by atoms with van der Waals surface area (Å²) < 4.78 is 5.30. The van der Waals surface area contributed by atoms with E-state index in [4.69, 9.17) is 10.5 Å². The molecule has 1 saturated carbocycles. The lowest BCUT2D eigenvalue weighted by molar-refractivity contribution is -0.122. The number of carbonyl (C=O) groups excluding carboxylic acids is 1. The van der Waals surface area contributed by atoms with Crippen LogP contribution in [0, 0.1) is 11.8 Å². The van der Waals surface area contributed by atoms with Crippen molar-refractivity contribution >= 4 is 18.3 Å². The first-order chi connectivity index (χ1) is 8.25. The number of carbonyl (C=O) groups is 1. The van der Waals surface area contributed by atoms with Crippen LogP contribution >= 0.6 is 12.4 Å². The van der Waals surface area contributed by atoms with Crippen LogP contribution in [0.2, 0.25) is 0 Å². The van der Waals surface area contributed by atoms with Gasteiger partial charge in [-0.1, -0.05) is 6.42 Å². The number of amides is 1. The monoisotopic (exact) mass is 276 g/mol. The number of ether oxygens (including phenoxy) is 1. The Hall–Kier alpha value is -0.320. The van der Waals surface area contributed by atoms with Gasteiger partial charge in [0.15, 0.2) is 0 Å². The van der Waals surface area contributed by atoms with Gasteiger partial charge >= 0.3 is 0 Å². The van der Waals surface area contributed by atoms with E-state index in [1.807, 2.05) is 0 Å². The van der Waals surface area contributed by atoms with Crippen LogP contribution in [0.5, 0.6) is 0 Å². The lowest BCUT2D eigenvalue weighted by atomic mass is 9.98. The molecule has 1 aliphatic carbocycles. The molecule has 2 fully saturated rings. The summed E-state index contributed by atoms with van der Waals surface area (Å²) in [5, 5.41) is 3.05. The lowest BCUT2D eigenvalue weighted by Crippen LogP contribution is -2.35. The molecule has 0 radical (unpaired) electrons. The second kappa shape index (κ2) is 7.97. The summed E-state index contributed by atoms with van der Waals surface area (Å²) in [6.45, 7) is 2.49. The maximum absolute atomic E-state index is 11.8. The van der Waals surface area contributed by atoms with Crippen LogP contribution in [0.25, 0.3) is 0 Å². The summed E-state index contributed by atoms with van der Waals surface area (Å²) >= 11 is 0. The Labute approximate surface area is 115 Å². The number of nitrogens with one attached hydrogen (secondary N) is 1. The van der Waals surface area contributed by atoms with E-state index in [0.717, 1.165) is 45.4 Å². The van der Waals surface area contributed by atoms with Crippen molar-refractivity contribution in [1.82, 2.24) is 5.32 Å². The van der Waals surface area contributed by atoms with Gasteiger partial charge in [-0.3, -0.25) is 4.79 Å². The fraction of sp³-hybridized carbons (Fsp3) is 0.923. The molecule has 0 spiro atoms. The lowest BCUT2D eigenvalue weighted by Gasteiger charge is -2.22. The molecule has 106 valence electrons. The van der Waals surface area contributed by atoms with Gasteiger partial charge in [0, 0.05) is 32.2 Å². The minimum absolute atomic E-state index is 0. The zero-order valence-electron chi connectivity index (χ0n) is 10.9. The third kappa shape index (κ3) is 4.75. The van der Waals surface area contributed by atoms with Crippen molar-refractivity contribution in [3.8, 4) is 0 Å². The molecule has 0 unspecified atom stereocenters. The van der Waals surface area contributed by atoms with Crippen LogP contribution in [0.15, 0.2) is 0 Å². The molecule has 0 aromatic carbocycles. The first kappa shape index (κ1) is 15.7. The van der Waals surface area contributed by atoms with Gasteiger partial charge < -0.3 is 15.8 Å². The van der Waals surface area contributed by atoms with E-state index in [9.17, 15) is 4.79 Å². The summed E-state index contributed by atoms with van der Waals surface area (Å²) in [5.41, 5.74) is 5.97. The van der Waals surface area contributed by atoms with E-state index in [-0.39, 0.29) is 24.4 Å². The van der Waals surface area contributed by atoms with Crippen LogP contribution in [0.3, 0.4) is 0 Å². The Morgan fingerprint density at radius 1 is 1.22 bits per heavy atom. The van der Waals surface area contributed by atoms with Gasteiger partial charge in [0.05, 0.1) is 0 Å². The Balaban J connectivity index is 0.00000162. The van der Waals surface area contributed by atoms with Crippen LogP contribution in [0.1, 0.15) is 38.5 Å². The normalized spacial score (nSPS) is 28.7. The SMILES string of the molecule is Cl.N[C@@H]1CCC[C@H]1CC(=O)NCC1CCOCC1. The number of halogens is 1. The summed E-state index contributed by atoms with van der Waals surface area (Å²) in [6.07, 6.45) is 6.14. The molecule has 0 aromatic heterocycles. The Bertz CT molecular complexity index is 257. The highest BCUT2D eigenvalue weighted by atomic mass is 35.5. The van der Waals surface area contributed by atoms with Crippen molar-refractivity contribution in [2.45, 2.75) is 44.6 Å². The van der Waals surface area contributed by atoms with E-state index in [1.54, 1.807) is 0 Å². The van der Waals surface area contributed by atoms with Crippen LogP contribution in [-0.2, 0) is 9.53 Å². The molecule has 0 bridgehead atoms. The molecule has 4 nitrogen and oxygen atoms in total. The van der Waals surface area contributed by atoms with Gasteiger partial charge in [-0.15, -0.1) is 12.4 Å². The maximum atomic E-state index is 11.8. The first-order valence-electron chi connectivity index (χ1n) is 6.85. The smallest absolute Gasteiger partial charge is 0.220 e. The van der Waals surface area contributed by atoms with Gasteiger partial charge in [-0.25, -0.2) is 0 Å². The van der Waals surface area contributed by atoms with Crippen molar-refractivity contribution in [3.05, 3.63) is 0 Å². The summed E-state index contributed by atoms with van der Waals surface area (Å²) in [4.78, 5) is 11.8. The zero-order valence-corrected chi connectivity index (χ0v) is 11.7. The van der Waals surface area contributed by atoms with Crippen molar-refractivity contribution in [1.29, 1.82) is 0 Å². The van der Waals surface area contributed by atoms with Crippen molar-refractivity contribution in [2.75, 3.05) is 19.8 Å². The van der Waals surface area contributed by atoms with Crippen molar-refractivity contribution in [2.24, 2.45) is 17.6 Å². The Morgan fingerprint density at radius 2 is 1.94 bits per heavy atom. The fourth-order valence-corrected chi connectivity index (χ4v) is 2.84. The van der Waals surface area contributed by atoms with Crippen LogP contribution in [-0.4, -0.2) is 31.7 Å². The molecule has 18 heavy (non-hydrogen) atoms. The molecule has 1 heterocycles. The number of nitrogens with two attached hydrogens (primary N) is 1. The summed E-state index contributed by atoms with van der Waals surface area (Å²) in [7, 11) is 0. The highest BCUT2D eigenvalue weighted by Crippen LogP contribution is 2.26. The Morgan fingerprint density at radius 3 is 2.56 bits per heavy atom. The summed E-state index contributed by atoms with van der Waals surface area (Å²) in [5.74, 6) is 1.19. The average molecular weight is 277 g/mol. The van der Waals surface area contributed by atoms with Crippen molar-refractivity contribution < 1.29 is 9.53 Å². The van der Waals surface area contributed by atoms with Gasteiger partial charge in [-0.05, 0) is 37.5 Å². The highest BCUT2D eigenvalue weighted by molar-refractivity contribution is 5.85. The van der Waals surface area contributed by atoms with Crippen LogP contribution < -0.4 is 11.1 Å². The minimum Gasteiger partial charge on any atom is -0.381 e. The minimum atomic E-state index is 0. The van der Waals surface area contributed by atoms with Gasteiger partial charge in [0.1, 0.15) is 0 Å². The van der Waals surface area contributed by atoms with E-state index < -0.39 is 0 Å². The van der Waals surface area contributed by atoms with E-state index in [1.165, 1.54) is 6.42 Å². The second-order valence-corrected chi connectivity index (χ2v) is 5.42. The molecule has 1 amide bonds. The van der Waals surface area contributed by atoms with Gasteiger partial charge in [0.25, 0.3) is 0 Å². The highest BCUT2D eigenvalue weighted by Gasteiger charge is 2.26. The topological polar surface area (TPSA) is 64.4 Å². The Kier molecular flexibility index (Phi) is 6.97. The molecule has 3 N–H and O–H groups in total.